The summed E-state index contributed by atoms with van der Waals surface area (Å²) in [6, 6.07) is 6.92. The molecule has 1 saturated carbocycles. The molecule has 5 nitrogen and oxygen atoms in total. The van der Waals surface area contributed by atoms with E-state index in [2.05, 4.69) is 22.2 Å². The largest absolute Gasteiger partial charge is 0.355 e. The molecular weight excluding hydrogens is 324 g/mol. The second kappa shape index (κ2) is 6.01. The number of benzene rings is 1. The summed E-state index contributed by atoms with van der Waals surface area (Å²) in [6.45, 7) is 1.14. The van der Waals surface area contributed by atoms with Gasteiger partial charge in [0.05, 0.1) is 4.90 Å². The van der Waals surface area contributed by atoms with E-state index in [9.17, 15) is 13.2 Å². The van der Waals surface area contributed by atoms with Gasteiger partial charge in [-0.3, -0.25) is 4.79 Å². The summed E-state index contributed by atoms with van der Waals surface area (Å²) in [5, 5.41) is 2.80. The highest BCUT2D eigenvalue weighted by atomic mass is 32.2. The molecule has 4 rings (SSSR count). The molecule has 0 aromatic heterocycles. The van der Waals surface area contributed by atoms with Gasteiger partial charge >= 0.3 is 0 Å². The fourth-order valence-electron chi connectivity index (χ4n) is 4.19. The van der Waals surface area contributed by atoms with E-state index in [4.69, 9.17) is 0 Å². The molecule has 1 amide bonds. The Balaban J connectivity index is 1.40. The van der Waals surface area contributed by atoms with Gasteiger partial charge in [-0.2, -0.15) is 0 Å². The second-order valence-corrected chi connectivity index (χ2v) is 8.93. The number of sulfonamides is 1. The molecule has 2 bridgehead atoms. The minimum Gasteiger partial charge on any atom is -0.355 e. The van der Waals surface area contributed by atoms with Crippen LogP contribution >= 0.6 is 0 Å². The van der Waals surface area contributed by atoms with Crippen molar-refractivity contribution in [3.05, 3.63) is 42.0 Å². The zero-order valence-electron chi connectivity index (χ0n) is 13.4. The summed E-state index contributed by atoms with van der Waals surface area (Å²) in [5.74, 6) is 1.80. The zero-order valence-corrected chi connectivity index (χ0v) is 14.3. The van der Waals surface area contributed by atoms with Crippen LogP contribution in [0.25, 0.3) is 0 Å². The highest BCUT2D eigenvalue weighted by Crippen LogP contribution is 2.43. The average molecular weight is 346 g/mol. The molecule has 2 fully saturated rings. The molecule has 2 N–H and O–H groups in total. The summed E-state index contributed by atoms with van der Waals surface area (Å²) in [4.78, 5) is 11.6. The molecule has 0 unspecified atom stereocenters. The van der Waals surface area contributed by atoms with Gasteiger partial charge in [-0.25, -0.2) is 13.1 Å². The molecule has 3 aliphatic rings. The van der Waals surface area contributed by atoms with Crippen LogP contribution in [0.15, 0.2) is 41.3 Å². The van der Waals surface area contributed by atoms with E-state index in [0.29, 0.717) is 42.2 Å². The minimum atomic E-state index is -3.47. The number of allylic oxidation sites excluding steroid dienone is 2. The van der Waals surface area contributed by atoms with Crippen molar-refractivity contribution in [2.45, 2.75) is 30.1 Å². The third kappa shape index (κ3) is 3.00. The second-order valence-electron chi connectivity index (χ2n) is 7.17. The molecule has 1 heterocycles. The molecule has 128 valence electrons. The lowest BCUT2D eigenvalue weighted by atomic mass is 9.94. The van der Waals surface area contributed by atoms with Gasteiger partial charge in [0.15, 0.2) is 0 Å². The molecule has 0 radical (unpaired) electrons. The first-order chi connectivity index (χ1) is 11.5. The molecule has 0 spiro atoms. The summed E-state index contributed by atoms with van der Waals surface area (Å²) >= 11 is 0. The van der Waals surface area contributed by atoms with E-state index < -0.39 is 10.0 Å². The summed E-state index contributed by atoms with van der Waals surface area (Å²) in [7, 11) is -3.47. The van der Waals surface area contributed by atoms with Crippen LogP contribution in [0, 0.1) is 17.8 Å². The van der Waals surface area contributed by atoms with Gasteiger partial charge in [-0.1, -0.05) is 24.3 Å². The van der Waals surface area contributed by atoms with Gasteiger partial charge in [0.2, 0.25) is 15.9 Å². The molecule has 1 saturated heterocycles. The van der Waals surface area contributed by atoms with E-state index in [1.165, 1.54) is 6.42 Å². The van der Waals surface area contributed by atoms with Crippen LogP contribution in [-0.4, -0.2) is 27.4 Å². The summed E-state index contributed by atoms with van der Waals surface area (Å²) in [5.41, 5.74) is 1.01. The first-order valence-electron chi connectivity index (χ1n) is 8.56. The van der Waals surface area contributed by atoms with E-state index in [1.807, 2.05) is 12.1 Å². The van der Waals surface area contributed by atoms with Crippen molar-refractivity contribution in [3.63, 3.8) is 0 Å². The Morgan fingerprint density at radius 2 is 1.92 bits per heavy atom. The summed E-state index contributed by atoms with van der Waals surface area (Å²) < 4.78 is 27.7. The monoisotopic (exact) mass is 346 g/mol. The molecule has 24 heavy (non-hydrogen) atoms. The third-order valence-electron chi connectivity index (χ3n) is 5.59. The minimum absolute atomic E-state index is 0.0540. The van der Waals surface area contributed by atoms with Crippen molar-refractivity contribution < 1.29 is 13.2 Å². The number of carbonyl (C=O) groups excluding carboxylic acids is 1. The Labute approximate surface area is 142 Å². The predicted octanol–water partition coefficient (Wildman–Crippen LogP) is 1.78. The number of amides is 1. The van der Waals surface area contributed by atoms with E-state index in [1.54, 1.807) is 12.1 Å². The molecular formula is C18H22N2O3S. The lowest BCUT2D eigenvalue weighted by Gasteiger charge is -2.18. The van der Waals surface area contributed by atoms with Crippen molar-refractivity contribution >= 4 is 15.9 Å². The molecule has 1 aromatic rings. The van der Waals surface area contributed by atoms with E-state index >= 15 is 0 Å². The van der Waals surface area contributed by atoms with Gasteiger partial charge in [-0.15, -0.1) is 0 Å². The first kappa shape index (κ1) is 15.8. The van der Waals surface area contributed by atoms with Gasteiger partial charge in [0, 0.05) is 25.4 Å². The number of rotatable bonds is 5. The van der Waals surface area contributed by atoms with Crippen LogP contribution in [0.5, 0.6) is 0 Å². The third-order valence-corrected chi connectivity index (χ3v) is 7.03. The predicted molar refractivity (Wildman–Crippen MR) is 90.8 cm³/mol. The average Bonchev–Trinajstić information content (AvgIpc) is 3.30. The zero-order chi connectivity index (χ0) is 16.7. The maximum Gasteiger partial charge on any atom is 0.240 e. The Morgan fingerprint density at radius 3 is 2.50 bits per heavy atom. The standard InChI is InChI=1S/C18H22N2O3S/c21-18-9-16(10-19-18)13-3-5-17(6-4-13)24(22,23)20-11-15-8-12-1-2-14(15)7-12/h1-6,12,14-16,20H,7-11H2,(H,19,21)/t12-,14-,15-,16+/m0/s1. The first-order valence-corrected chi connectivity index (χ1v) is 10.0. The summed E-state index contributed by atoms with van der Waals surface area (Å²) in [6.07, 6.45) is 7.23. The van der Waals surface area contributed by atoms with Crippen LogP contribution < -0.4 is 10.0 Å². The molecule has 1 aliphatic heterocycles. The van der Waals surface area contributed by atoms with Gasteiger partial charge in [-0.05, 0) is 48.3 Å². The van der Waals surface area contributed by atoms with Crippen LogP contribution in [-0.2, 0) is 14.8 Å². The number of carbonyl (C=O) groups is 1. The number of hydrogen-bond donors (Lipinski definition) is 2. The van der Waals surface area contributed by atoms with Crippen LogP contribution in [0.2, 0.25) is 0 Å². The lowest BCUT2D eigenvalue weighted by Crippen LogP contribution is -2.31. The van der Waals surface area contributed by atoms with Gasteiger partial charge in [0.1, 0.15) is 0 Å². The van der Waals surface area contributed by atoms with E-state index in [0.717, 1.165) is 12.0 Å². The Bertz CT molecular complexity index is 770. The number of hydrogen-bond acceptors (Lipinski definition) is 3. The van der Waals surface area contributed by atoms with Crippen molar-refractivity contribution in [1.82, 2.24) is 10.0 Å². The Morgan fingerprint density at radius 1 is 1.12 bits per heavy atom. The fraction of sp³-hybridized carbons (Fsp3) is 0.500. The smallest absolute Gasteiger partial charge is 0.240 e. The van der Waals surface area contributed by atoms with Crippen molar-refractivity contribution in [2.24, 2.45) is 17.8 Å². The van der Waals surface area contributed by atoms with Crippen molar-refractivity contribution in [3.8, 4) is 0 Å². The van der Waals surface area contributed by atoms with Gasteiger partial charge in [0.25, 0.3) is 0 Å². The molecule has 2 aliphatic carbocycles. The normalized spacial score (nSPS) is 31.6. The van der Waals surface area contributed by atoms with Crippen LogP contribution in [0.1, 0.15) is 30.7 Å². The molecule has 1 aromatic carbocycles. The quantitative estimate of drug-likeness (QED) is 0.798. The number of fused-ring (bicyclic) bond motifs is 2. The SMILES string of the molecule is O=C1C[C@@H](c2ccc(S(=O)(=O)NC[C@@H]3C[C@H]4C=C[C@H]3C4)cc2)CN1. The Kier molecular flexibility index (Phi) is 3.96. The topological polar surface area (TPSA) is 75.3 Å². The van der Waals surface area contributed by atoms with Crippen LogP contribution in [0.4, 0.5) is 0 Å². The fourth-order valence-corrected chi connectivity index (χ4v) is 5.28. The number of nitrogens with one attached hydrogen (secondary N) is 2. The van der Waals surface area contributed by atoms with E-state index in [-0.39, 0.29) is 11.8 Å². The maximum atomic E-state index is 12.5. The van der Waals surface area contributed by atoms with Gasteiger partial charge < -0.3 is 5.32 Å². The van der Waals surface area contributed by atoms with Crippen molar-refractivity contribution in [2.75, 3.05) is 13.1 Å². The highest BCUT2D eigenvalue weighted by molar-refractivity contribution is 7.89. The van der Waals surface area contributed by atoms with Crippen LogP contribution in [0.3, 0.4) is 0 Å². The highest BCUT2D eigenvalue weighted by Gasteiger charge is 2.36. The molecule has 4 atom stereocenters. The van der Waals surface area contributed by atoms with Crippen molar-refractivity contribution in [1.29, 1.82) is 0 Å². The Hall–Kier alpha value is -1.66. The lowest BCUT2D eigenvalue weighted by molar-refractivity contribution is -0.119. The maximum absolute atomic E-state index is 12.5. The molecule has 6 heteroatoms.